The maximum absolute atomic E-state index is 11.8. The number of carbonyl (C=O) groups is 1. The fraction of sp³-hybridized carbons (Fsp3) is 0.789. The molecule has 1 aliphatic carbocycles. The van der Waals surface area contributed by atoms with Crippen LogP contribution in [0.5, 0.6) is 0 Å². The fourth-order valence-corrected chi connectivity index (χ4v) is 3.66. The second-order valence-electron chi connectivity index (χ2n) is 7.37. The summed E-state index contributed by atoms with van der Waals surface area (Å²) in [5, 5.41) is 6.72. The van der Waals surface area contributed by atoms with Crippen molar-refractivity contribution in [3.8, 4) is 0 Å². The molecule has 0 aromatic carbocycles. The van der Waals surface area contributed by atoms with Gasteiger partial charge >= 0.3 is 0 Å². The first-order valence-electron chi connectivity index (χ1n) is 9.70. The number of guanidine groups is 1. The molecule has 0 aromatic rings. The number of halogens is 1. The van der Waals surface area contributed by atoms with E-state index in [2.05, 4.69) is 27.1 Å². The van der Waals surface area contributed by atoms with E-state index in [4.69, 9.17) is 0 Å². The summed E-state index contributed by atoms with van der Waals surface area (Å²) in [6.07, 6.45) is 11.0. The molecule has 150 valence electrons. The quantitative estimate of drug-likeness (QED) is 0.267. The smallest absolute Gasteiger partial charge is 0.243 e. The summed E-state index contributed by atoms with van der Waals surface area (Å²) in [7, 11) is 3.51. The normalized spacial score (nSPS) is 20.2. The van der Waals surface area contributed by atoms with Crippen molar-refractivity contribution in [1.29, 1.82) is 0 Å². The Morgan fingerprint density at radius 3 is 2.42 bits per heavy atom. The average molecular weight is 477 g/mol. The number of piperidine rings is 1. The number of hydrogen-bond acceptors (Lipinski definition) is 3. The van der Waals surface area contributed by atoms with Crippen LogP contribution in [-0.2, 0) is 4.79 Å². The van der Waals surface area contributed by atoms with Crippen LogP contribution in [0.25, 0.3) is 0 Å². The molecule has 7 heteroatoms. The fourth-order valence-electron chi connectivity index (χ4n) is 3.66. The third-order valence-electron chi connectivity index (χ3n) is 5.25. The third kappa shape index (κ3) is 7.82. The molecule has 6 nitrogen and oxygen atoms in total. The summed E-state index contributed by atoms with van der Waals surface area (Å²) in [6, 6.07) is 1.23. The highest BCUT2D eigenvalue weighted by atomic mass is 127. The molecule has 1 heterocycles. The zero-order valence-electron chi connectivity index (χ0n) is 16.4. The van der Waals surface area contributed by atoms with Gasteiger partial charge in [-0.3, -0.25) is 4.79 Å². The first kappa shape index (κ1) is 23.2. The number of hydrogen-bond donors (Lipinski definition) is 2. The Hall–Kier alpha value is -0.830. The van der Waals surface area contributed by atoms with Crippen LogP contribution in [-0.4, -0.2) is 74.0 Å². The van der Waals surface area contributed by atoms with Gasteiger partial charge in [-0.1, -0.05) is 25.3 Å². The SMILES string of the molecule is C=CCNC(=NCC(=O)N(C)C)NC1CCN(C2CCCCC2)CC1.I. The van der Waals surface area contributed by atoms with E-state index in [0.717, 1.165) is 32.0 Å². The third-order valence-corrected chi connectivity index (χ3v) is 5.25. The molecule has 1 saturated heterocycles. The predicted molar refractivity (Wildman–Crippen MR) is 119 cm³/mol. The number of nitrogens with one attached hydrogen (secondary N) is 2. The van der Waals surface area contributed by atoms with Crippen molar-refractivity contribution in [2.45, 2.75) is 57.0 Å². The molecule has 1 aliphatic heterocycles. The summed E-state index contributed by atoms with van der Waals surface area (Å²) in [5.74, 6) is 0.720. The molecule has 2 N–H and O–H groups in total. The predicted octanol–water partition coefficient (Wildman–Crippen LogP) is 2.21. The molecule has 0 unspecified atom stereocenters. The van der Waals surface area contributed by atoms with Gasteiger partial charge in [0.1, 0.15) is 6.54 Å². The van der Waals surface area contributed by atoms with Crippen molar-refractivity contribution >= 4 is 35.8 Å². The standard InChI is InChI=1S/C19H35N5O.HI/c1-4-12-20-19(21-15-18(25)23(2)3)22-16-10-13-24(14-11-16)17-8-6-5-7-9-17;/h4,16-17H,1,5-15H2,2-3H3,(H2,20,21,22);1H. The van der Waals surface area contributed by atoms with E-state index in [1.165, 1.54) is 32.1 Å². The summed E-state index contributed by atoms with van der Waals surface area (Å²) >= 11 is 0. The van der Waals surface area contributed by atoms with Crippen molar-refractivity contribution < 1.29 is 4.79 Å². The lowest BCUT2D eigenvalue weighted by Crippen LogP contribution is -2.51. The minimum absolute atomic E-state index is 0. The van der Waals surface area contributed by atoms with E-state index in [1.807, 2.05) is 0 Å². The second kappa shape index (κ2) is 12.5. The molecule has 0 radical (unpaired) electrons. The van der Waals surface area contributed by atoms with Crippen molar-refractivity contribution in [2.75, 3.05) is 40.3 Å². The number of amides is 1. The first-order valence-corrected chi connectivity index (χ1v) is 9.70. The Bertz CT molecular complexity index is 455. The summed E-state index contributed by atoms with van der Waals surface area (Å²) < 4.78 is 0. The zero-order chi connectivity index (χ0) is 18.1. The Morgan fingerprint density at radius 1 is 1.19 bits per heavy atom. The van der Waals surface area contributed by atoms with Crippen LogP contribution in [0, 0.1) is 0 Å². The van der Waals surface area contributed by atoms with Gasteiger partial charge in [0.25, 0.3) is 0 Å². The van der Waals surface area contributed by atoms with E-state index in [9.17, 15) is 4.79 Å². The van der Waals surface area contributed by atoms with E-state index >= 15 is 0 Å². The lowest BCUT2D eigenvalue weighted by molar-refractivity contribution is -0.127. The van der Waals surface area contributed by atoms with Crippen LogP contribution in [0.15, 0.2) is 17.6 Å². The minimum Gasteiger partial charge on any atom is -0.354 e. The van der Waals surface area contributed by atoms with Gasteiger partial charge in [0, 0.05) is 45.8 Å². The number of likely N-dealkylation sites (tertiary alicyclic amines) is 1. The van der Waals surface area contributed by atoms with Gasteiger partial charge in [-0.05, 0) is 25.7 Å². The molecule has 0 bridgehead atoms. The van der Waals surface area contributed by atoms with Crippen LogP contribution < -0.4 is 10.6 Å². The summed E-state index contributed by atoms with van der Waals surface area (Å²) in [6.45, 7) is 6.87. The largest absolute Gasteiger partial charge is 0.354 e. The topological polar surface area (TPSA) is 60.0 Å². The Morgan fingerprint density at radius 2 is 1.85 bits per heavy atom. The molecule has 0 atom stereocenters. The Labute approximate surface area is 175 Å². The molecule has 2 rings (SSSR count). The number of likely N-dealkylation sites (N-methyl/N-ethyl adjacent to an activating group) is 1. The van der Waals surface area contributed by atoms with Crippen LogP contribution in [0.2, 0.25) is 0 Å². The van der Waals surface area contributed by atoms with Crippen molar-refractivity contribution in [3.63, 3.8) is 0 Å². The minimum atomic E-state index is 0. The highest BCUT2D eigenvalue weighted by Gasteiger charge is 2.26. The Balaban J connectivity index is 0.00000338. The van der Waals surface area contributed by atoms with Gasteiger partial charge in [0.2, 0.25) is 5.91 Å². The van der Waals surface area contributed by atoms with E-state index in [-0.39, 0.29) is 36.4 Å². The molecule has 26 heavy (non-hydrogen) atoms. The molecule has 1 amide bonds. The lowest BCUT2D eigenvalue weighted by atomic mass is 9.92. The van der Waals surface area contributed by atoms with Crippen molar-refractivity contribution in [3.05, 3.63) is 12.7 Å². The highest BCUT2D eigenvalue weighted by molar-refractivity contribution is 14.0. The van der Waals surface area contributed by atoms with Gasteiger partial charge in [-0.2, -0.15) is 0 Å². The van der Waals surface area contributed by atoms with Crippen LogP contribution in [0.4, 0.5) is 0 Å². The number of aliphatic imine (C=N–C) groups is 1. The van der Waals surface area contributed by atoms with Crippen LogP contribution >= 0.6 is 24.0 Å². The second-order valence-corrected chi connectivity index (χ2v) is 7.37. The molecule has 2 fully saturated rings. The number of carbonyl (C=O) groups excluding carboxylic acids is 1. The number of nitrogens with zero attached hydrogens (tertiary/aromatic N) is 3. The average Bonchev–Trinajstić information content (AvgIpc) is 2.64. The maximum atomic E-state index is 11.8. The Kier molecular flexibility index (Phi) is 11.2. The zero-order valence-corrected chi connectivity index (χ0v) is 18.7. The maximum Gasteiger partial charge on any atom is 0.243 e. The van der Waals surface area contributed by atoms with Gasteiger partial charge in [-0.15, -0.1) is 30.6 Å². The van der Waals surface area contributed by atoms with Gasteiger partial charge in [0.05, 0.1) is 0 Å². The van der Waals surface area contributed by atoms with Gasteiger partial charge < -0.3 is 20.4 Å². The first-order chi connectivity index (χ1) is 12.1. The molecular formula is C19H36IN5O. The molecule has 2 aliphatic rings. The molecule has 1 saturated carbocycles. The lowest BCUT2D eigenvalue weighted by Gasteiger charge is -2.39. The van der Waals surface area contributed by atoms with Gasteiger partial charge in [-0.25, -0.2) is 4.99 Å². The van der Waals surface area contributed by atoms with Crippen LogP contribution in [0.3, 0.4) is 0 Å². The molecular weight excluding hydrogens is 441 g/mol. The highest BCUT2D eigenvalue weighted by Crippen LogP contribution is 2.25. The van der Waals surface area contributed by atoms with E-state index < -0.39 is 0 Å². The number of rotatable bonds is 6. The van der Waals surface area contributed by atoms with Gasteiger partial charge in [0.15, 0.2) is 5.96 Å². The van der Waals surface area contributed by atoms with Crippen LogP contribution in [0.1, 0.15) is 44.9 Å². The summed E-state index contributed by atoms with van der Waals surface area (Å²) in [4.78, 5) is 20.4. The molecule has 0 spiro atoms. The van der Waals surface area contributed by atoms with Crippen molar-refractivity contribution in [1.82, 2.24) is 20.4 Å². The monoisotopic (exact) mass is 477 g/mol. The van der Waals surface area contributed by atoms with E-state index in [0.29, 0.717) is 18.5 Å². The summed E-state index contributed by atoms with van der Waals surface area (Å²) in [5.41, 5.74) is 0. The van der Waals surface area contributed by atoms with Crippen molar-refractivity contribution in [2.24, 2.45) is 4.99 Å². The molecule has 0 aromatic heterocycles. The van der Waals surface area contributed by atoms with E-state index in [1.54, 1.807) is 25.1 Å².